The van der Waals surface area contributed by atoms with Crippen LogP contribution in [0.2, 0.25) is 11.1 Å². The molecule has 0 aromatic rings. The van der Waals surface area contributed by atoms with Gasteiger partial charge in [-0.1, -0.05) is 27.7 Å². The maximum Gasteiger partial charge on any atom is 0.182 e. The van der Waals surface area contributed by atoms with Crippen LogP contribution in [0.3, 0.4) is 0 Å². The minimum Gasteiger partial charge on any atom is -0.417 e. The lowest BCUT2D eigenvalue weighted by Crippen LogP contribution is -2.27. The first-order valence-corrected chi connectivity index (χ1v) is 9.80. The molecule has 20 heavy (non-hydrogen) atoms. The van der Waals surface area contributed by atoms with E-state index in [0.717, 1.165) is 52.5 Å². The van der Waals surface area contributed by atoms with Gasteiger partial charge in [-0.3, -0.25) is 0 Å². The van der Waals surface area contributed by atoms with Gasteiger partial charge < -0.3 is 18.6 Å². The lowest BCUT2D eigenvalue weighted by atomic mass is 10.3. The maximum absolute atomic E-state index is 6.02. The highest BCUT2D eigenvalue weighted by Crippen LogP contribution is 2.20. The predicted molar refractivity (Wildman–Crippen MR) is 83.9 cm³/mol. The zero-order valence-corrected chi connectivity index (χ0v) is 14.8. The molecule has 1 unspecified atom stereocenters. The van der Waals surface area contributed by atoms with Crippen LogP contribution in [0.5, 0.6) is 0 Å². The predicted octanol–water partition coefficient (Wildman–Crippen LogP) is 2.76. The van der Waals surface area contributed by atoms with Gasteiger partial charge in [0.1, 0.15) is 6.10 Å². The normalized spacial score (nSPS) is 18.4. The summed E-state index contributed by atoms with van der Waals surface area (Å²) in [7, 11) is -1.07. The van der Waals surface area contributed by atoms with Crippen molar-refractivity contribution >= 4 is 9.04 Å². The second-order valence-corrected chi connectivity index (χ2v) is 10.1. The van der Waals surface area contributed by atoms with Crippen molar-refractivity contribution in [2.45, 2.75) is 57.7 Å². The molecule has 0 N–H and O–H groups in total. The maximum atomic E-state index is 6.02. The zero-order valence-electron chi connectivity index (χ0n) is 13.6. The quantitative estimate of drug-likeness (QED) is 0.298. The van der Waals surface area contributed by atoms with Gasteiger partial charge >= 0.3 is 0 Å². The van der Waals surface area contributed by atoms with Crippen molar-refractivity contribution in [2.24, 2.45) is 0 Å². The van der Waals surface area contributed by atoms with Crippen molar-refractivity contribution in [3.63, 3.8) is 0 Å². The number of epoxide rings is 1. The van der Waals surface area contributed by atoms with E-state index in [2.05, 4.69) is 27.7 Å². The molecule has 1 heterocycles. The molecule has 0 amide bonds. The third-order valence-electron chi connectivity index (χ3n) is 3.39. The molecule has 0 bridgehead atoms. The second-order valence-electron chi connectivity index (χ2n) is 6.17. The van der Waals surface area contributed by atoms with Crippen molar-refractivity contribution in [3.05, 3.63) is 0 Å². The molecule has 1 aliphatic rings. The van der Waals surface area contributed by atoms with E-state index in [1.165, 1.54) is 0 Å². The van der Waals surface area contributed by atoms with Gasteiger partial charge in [-0.15, -0.1) is 0 Å². The molecule has 0 radical (unpaired) electrons. The molecule has 0 aliphatic carbocycles. The van der Waals surface area contributed by atoms with Gasteiger partial charge in [0.05, 0.1) is 26.4 Å². The van der Waals surface area contributed by atoms with Crippen molar-refractivity contribution in [1.82, 2.24) is 0 Å². The average Bonchev–Trinajstić information content (AvgIpc) is 3.19. The van der Waals surface area contributed by atoms with Crippen LogP contribution in [0.4, 0.5) is 0 Å². The molecule has 4 nitrogen and oxygen atoms in total. The van der Waals surface area contributed by atoms with Crippen molar-refractivity contribution < 1.29 is 18.6 Å². The third-order valence-corrected chi connectivity index (χ3v) is 6.63. The highest BCUT2D eigenvalue weighted by Gasteiger charge is 2.22. The molecular weight excluding hydrogens is 272 g/mol. The van der Waals surface area contributed by atoms with Gasteiger partial charge in [0.2, 0.25) is 0 Å². The lowest BCUT2D eigenvalue weighted by molar-refractivity contribution is 0.0799. The van der Waals surface area contributed by atoms with Gasteiger partial charge in [0.25, 0.3) is 0 Å². The highest BCUT2D eigenvalue weighted by molar-refractivity contribution is 6.54. The number of ether oxygens (including phenoxy) is 3. The van der Waals surface area contributed by atoms with Crippen LogP contribution in [-0.4, -0.2) is 54.8 Å². The van der Waals surface area contributed by atoms with Crippen molar-refractivity contribution in [1.29, 1.82) is 0 Å². The molecule has 1 atom stereocenters. The zero-order chi connectivity index (χ0) is 14.8. The summed E-state index contributed by atoms with van der Waals surface area (Å²) >= 11 is 0. The summed E-state index contributed by atoms with van der Waals surface area (Å²) in [6, 6.07) is 0. The summed E-state index contributed by atoms with van der Waals surface area (Å²) in [6.45, 7) is 13.8. The topological polar surface area (TPSA) is 40.2 Å². The van der Waals surface area contributed by atoms with E-state index in [1.807, 2.05) is 0 Å². The van der Waals surface area contributed by atoms with E-state index < -0.39 is 9.04 Å². The Balaban J connectivity index is 1.81. The van der Waals surface area contributed by atoms with Gasteiger partial charge in [0, 0.05) is 13.2 Å². The van der Waals surface area contributed by atoms with Gasteiger partial charge in [-0.2, -0.15) is 0 Å². The summed E-state index contributed by atoms with van der Waals surface area (Å²) < 4.78 is 22.2. The van der Waals surface area contributed by atoms with E-state index in [4.69, 9.17) is 18.6 Å². The Morgan fingerprint density at radius 2 is 1.55 bits per heavy atom. The van der Waals surface area contributed by atoms with Crippen LogP contribution >= 0.6 is 0 Å². The van der Waals surface area contributed by atoms with E-state index in [-0.39, 0.29) is 0 Å². The first kappa shape index (κ1) is 18.1. The second kappa shape index (κ2) is 10.7. The molecule has 0 aromatic heterocycles. The Morgan fingerprint density at radius 3 is 2.10 bits per heavy atom. The molecule has 0 aromatic carbocycles. The van der Waals surface area contributed by atoms with Crippen molar-refractivity contribution in [3.8, 4) is 0 Å². The molecule has 1 saturated heterocycles. The molecule has 1 fully saturated rings. The molecular formula is C15H32O4Si. The van der Waals surface area contributed by atoms with Crippen LogP contribution in [0.25, 0.3) is 0 Å². The van der Waals surface area contributed by atoms with Crippen LogP contribution < -0.4 is 0 Å². The Bertz CT molecular complexity index is 224. The monoisotopic (exact) mass is 304 g/mol. The first-order valence-electron chi connectivity index (χ1n) is 8.00. The number of hydrogen-bond acceptors (Lipinski definition) is 4. The molecule has 1 aliphatic heterocycles. The average molecular weight is 305 g/mol. The summed E-state index contributed by atoms with van der Waals surface area (Å²) in [5.74, 6) is 0. The molecule has 120 valence electrons. The summed E-state index contributed by atoms with van der Waals surface area (Å²) in [6.07, 6.45) is 2.49. The third kappa shape index (κ3) is 9.08. The minimum absolute atomic E-state index is 0.377. The Hall–Kier alpha value is 0.0569. The van der Waals surface area contributed by atoms with Crippen LogP contribution in [0.15, 0.2) is 0 Å². The van der Waals surface area contributed by atoms with E-state index >= 15 is 0 Å². The molecule has 1 rings (SSSR count). The number of hydrogen-bond donors (Lipinski definition) is 0. The van der Waals surface area contributed by atoms with Crippen LogP contribution in [0.1, 0.15) is 40.5 Å². The van der Waals surface area contributed by atoms with Gasteiger partial charge in [-0.05, 0) is 23.9 Å². The summed E-state index contributed by atoms with van der Waals surface area (Å²) in [5.41, 5.74) is 1.39. The SMILES string of the molecule is CC(C)[SiH](OCCOCCCCOCC1CO1)C(C)C. The summed E-state index contributed by atoms with van der Waals surface area (Å²) in [4.78, 5) is 0. The van der Waals surface area contributed by atoms with Crippen LogP contribution in [0, 0.1) is 0 Å². The lowest BCUT2D eigenvalue weighted by Gasteiger charge is -2.23. The highest BCUT2D eigenvalue weighted by atomic mass is 28.3. The summed E-state index contributed by atoms with van der Waals surface area (Å²) in [5, 5.41) is 0. The van der Waals surface area contributed by atoms with E-state index in [1.54, 1.807) is 0 Å². The Kier molecular flexibility index (Phi) is 9.72. The fourth-order valence-electron chi connectivity index (χ4n) is 2.29. The largest absolute Gasteiger partial charge is 0.417 e. The van der Waals surface area contributed by atoms with E-state index in [0.29, 0.717) is 17.2 Å². The molecule has 5 heteroatoms. The number of rotatable bonds is 13. The van der Waals surface area contributed by atoms with Crippen molar-refractivity contribution in [2.75, 3.05) is 39.6 Å². The molecule has 0 spiro atoms. The number of unbranched alkanes of at least 4 members (excludes halogenated alkanes) is 1. The Morgan fingerprint density at radius 1 is 0.950 bits per heavy atom. The van der Waals surface area contributed by atoms with E-state index in [9.17, 15) is 0 Å². The minimum atomic E-state index is -1.07. The van der Waals surface area contributed by atoms with Gasteiger partial charge in [0.15, 0.2) is 9.04 Å². The fraction of sp³-hybridized carbons (Fsp3) is 1.00. The molecule has 0 saturated carbocycles. The standard InChI is InChI=1S/C15H32O4Si/c1-13(2)20(14(3)4)19-10-9-16-7-5-6-8-17-11-15-12-18-15/h13-15,20H,5-12H2,1-4H3. The Labute approximate surface area is 125 Å². The smallest absolute Gasteiger partial charge is 0.182 e. The van der Waals surface area contributed by atoms with Crippen LogP contribution in [-0.2, 0) is 18.6 Å². The first-order chi connectivity index (χ1) is 9.61. The van der Waals surface area contributed by atoms with Gasteiger partial charge in [-0.25, -0.2) is 0 Å². The fourth-order valence-corrected chi connectivity index (χ4v) is 4.96.